The first-order valence-corrected chi connectivity index (χ1v) is 16.4. The molecule has 0 saturated carbocycles. The number of amidine groups is 1. The quantitative estimate of drug-likeness (QED) is 0.171. The number of hydrogen-bond acceptors (Lipinski definition) is 7. The van der Waals surface area contributed by atoms with Crippen molar-refractivity contribution in [2.75, 3.05) is 38.2 Å². The van der Waals surface area contributed by atoms with E-state index >= 15 is 0 Å². The second kappa shape index (κ2) is 13.9. The van der Waals surface area contributed by atoms with Crippen LogP contribution in [0.5, 0.6) is 0 Å². The zero-order valence-electron chi connectivity index (χ0n) is 25.1. The molecule has 1 aliphatic rings. The van der Waals surface area contributed by atoms with E-state index in [4.69, 9.17) is 15.6 Å². The second-order valence-electron chi connectivity index (χ2n) is 11.7. The van der Waals surface area contributed by atoms with Crippen molar-refractivity contribution in [3.8, 4) is 0 Å². The molecule has 41 heavy (non-hydrogen) atoms. The molecule has 1 aliphatic heterocycles. The first kappa shape index (κ1) is 32.7. The number of nitrogens with one attached hydrogen (secondary N) is 1. The number of amides is 1. The number of unbranched alkanes of at least 4 members (excludes halogenated alkanes) is 4. The number of aliphatic imine (C=N–C) groups is 1. The van der Waals surface area contributed by atoms with Gasteiger partial charge in [-0.15, -0.1) is 4.65 Å². The molecule has 0 aliphatic carbocycles. The van der Waals surface area contributed by atoms with Crippen molar-refractivity contribution in [3.63, 3.8) is 0 Å². The van der Waals surface area contributed by atoms with Crippen molar-refractivity contribution >= 4 is 50.0 Å². The summed E-state index contributed by atoms with van der Waals surface area (Å²) in [6.45, 7) is 9.76. The van der Waals surface area contributed by atoms with Gasteiger partial charge in [-0.25, -0.2) is 22.9 Å². The van der Waals surface area contributed by atoms with Gasteiger partial charge in [0.25, 0.3) is 0 Å². The average molecular weight is 592 g/mol. The van der Waals surface area contributed by atoms with Crippen LogP contribution in [0.1, 0.15) is 79.1 Å². The summed E-state index contributed by atoms with van der Waals surface area (Å²) < 4.78 is 25.8. The van der Waals surface area contributed by atoms with Crippen molar-refractivity contribution < 1.29 is 23.2 Å². The minimum absolute atomic E-state index is 0.131. The highest BCUT2D eigenvalue weighted by atomic mass is 32.2. The fourth-order valence-corrected chi connectivity index (χ4v) is 5.82. The van der Waals surface area contributed by atoms with E-state index in [1.807, 2.05) is 45.0 Å². The summed E-state index contributed by atoms with van der Waals surface area (Å²) >= 11 is 0. The third-order valence-electron chi connectivity index (χ3n) is 7.25. The molecule has 1 unspecified atom stereocenters. The smallest absolute Gasteiger partial charge is 0.407 e. The van der Waals surface area contributed by atoms with Crippen LogP contribution in [-0.2, 0) is 14.9 Å². The number of nitrogen functional groups attached to an aromatic ring is 1. The Balaban J connectivity index is 1.78. The molecule has 2 aromatic rings. The number of benzene rings is 1. The van der Waals surface area contributed by atoms with Gasteiger partial charge >= 0.3 is 6.09 Å². The van der Waals surface area contributed by atoms with Gasteiger partial charge < -0.3 is 15.7 Å². The molecule has 1 atom stereocenters. The van der Waals surface area contributed by atoms with Crippen molar-refractivity contribution in [1.29, 1.82) is 0 Å². The number of nitrogens with two attached hydrogens (primary N) is 1. The zero-order chi connectivity index (χ0) is 30.3. The third-order valence-corrected chi connectivity index (χ3v) is 7.98. The van der Waals surface area contributed by atoms with Crippen molar-refractivity contribution in [1.82, 2.24) is 19.3 Å². The second-order valence-corrected chi connectivity index (χ2v) is 13.5. The molecule has 11 nitrogen and oxygen atoms in total. The molecule has 0 bridgehead atoms. The molecule has 0 spiro atoms. The zero-order valence-corrected chi connectivity index (χ0v) is 26.0. The van der Waals surface area contributed by atoms with Crippen LogP contribution in [-0.4, -0.2) is 73.4 Å². The number of hydroxylamine groups is 2. The first-order chi connectivity index (χ1) is 19.3. The number of carbonyl (C=O) groups is 1. The molecule has 0 fully saturated rings. The molecule has 228 valence electrons. The molecule has 2 heterocycles. The maximum atomic E-state index is 11.6. The average Bonchev–Trinajstić information content (AvgIpc) is 3.19. The van der Waals surface area contributed by atoms with Crippen LogP contribution < -0.4 is 15.1 Å². The summed E-state index contributed by atoms with van der Waals surface area (Å²) in [5, 5.41) is 10.5. The van der Waals surface area contributed by atoms with E-state index in [0.29, 0.717) is 50.6 Å². The lowest BCUT2D eigenvalue weighted by atomic mass is 10.1. The van der Waals surface area contributed by atoms with E-state index in [0.717, 1.165) is 67.2 Å². The minimum Gasteiger partial charge on any atom is -0.465 e. The Kier molecular flexibility index (Phi) is 11.1. The molecule has 1 aromatic heterocycles. The summed E-state index contributed by atoms with van der Waals surface area (Å²) in [5.74, 6) is 1.25. The Morgan fingerprint density at radius 3 is 2.49 bits per heavy atom. The Labute approximate surface area is 244 Å². The topological polar surface area (TPSA) is 147 Å². The van der Waals surface area contributed by atoms with Crippen LogP contribution in [0.25, 0.3) is 10.9 Å². The number of anilines is 1. The Bertz CT molecular complexity index is 1340. The molecule has 0 saturated heterocycles. The van der Waals surface area contributed by atoms with Gasteiger partial charge in [0.1, 0.15) is 13.2 Å². The molecule has 0 radical (unpaired) electrons. The summed E-state index contributed by atoms with van der Waals surface area (Å²) in [7, 11) is -3.26. The summed E-state index contributed by atoms with van der Waals surface area (Å²) in [6.07, 6.45) is 6.63. The van der Waals surface area contributed by atoms with E-state index in [9.17, 15) is 18.3 Å². The van der Waals surface area contributed by atoms with Gasteiger partial charge in [-0.3, -0.25) is 0 Å². The number of aromatic nitrogens is 1. The highest BCUT2D eigenvalue weighted by Crippen LogP contribution is 2.49. The van der Waals surface area contributed by atoms with Gasteiger partial charge in [-0.1, -0.05) is 31.9 Å². The lowest BCUT2D eigenvalue weighted by Crippen LogP contribution is -2.53. The van der Waals surface area contributed by atoms with Crippen LogP contribution in [0.4, 0.5) is 22.0 Å². The van der Waals surface area contributed by atoms with Gasteiger partial charge in [-0.2, -0.15) is 9.83 Å². The predicted octanol–water partition coefficient (Wildman–Crippen LogP) is 5.57. The minimum atomic E-state index is -3.26. The van der Waals surface area contributed by atoms with Crippen LogP contribution in [0, 0.1) is 0 Å². The molecule has 12 heteroatoms. The highest BCUT2D eigenvalue weighted by Gasteiger charge is 2.48. The van der Waals surface area contributed by atoms with E-state index in [-0.39, 0.29) is 4.65 Å². The molecular weight excluding hydrogens is 544 g/mol. The standard InChI is InChI=1S/C29H46N6O5S/c1-6-15-24-33-25-26(22-16-9-10-17-23(22)32-27(25)30)35(24,20-13-11-18-31-41(5,38)39)40-21-14-8-7-12-19-34(28(36)37)29(2,3)4/h9-10,16-17,31H,6-8,11-15,18-21H2,1-5H3,(H2-,30,32,36,37)/p+1. The lowest BCUT2D eigenvalue weighted by molar-refractivity contribution is -0.0910. The van der Waals surface area contributed by atoms with Gasteiger partial charge in [0.15, 0.2) is 11.5 Å². The van der Waals surface area contributed by atoms with Crippen molar-refractivity contribution in [2.24, 2.45) is 4.99 Å². The SMILES string of the molecule is CCCC1=Nc2c(N)nc3ccccc3c2[N+]1(CCCCNS(C)(=O)=O)OCCCCCCN(C(=O)O)C(C)(C)C. The van der Waals surface area contributed by atoms with Crippen LogP contribution >= 0.6 is 0 Å². The van der Waals surface area contributed by atoms with Gasteiger partial charge in [0, 0.05) is 31.5 Å². The fourth-order valence-electron chi connectivity index (χ4n) is 5.30. The number of pyridine rings is 1. The monoisotopic (exact) mass is 591 g/mol. The Morgan fingerprint density at radius 1 is 1.12 bits per heavy atom. The number of quaternary nitrogens is 1. The Morgan fingerprint density at radius 2 is 1.83 bits per heavy atom. The van der Waals surface area contributed by atoms with E-state index in [2.05, 4.69) is 16.6 Å². The maximum Gasteiger partial charge on any atom is 0.407 e. The molecular formula is C29H47N6O5S+. The number of carboxylic acid groups (broad SMARTS) is 1. The molecule has 1 aromatic carbocycles. The van der Waals surface area contributed by atoms with Crippen LogP contribution in [0.3, 0.4) is 0 Å². The molecule has 3 rings (SSSR count). The van der Waals surface area contributed by atoms with Gasteiger partial charge in [0.05, 0.1) is 17.2 Å². The first-order valence-electron chi connectivity index (χ1n) is 14.5. The van der Waals surface area contributed by atoms with E-state index in [1.165, 1.54) is 4.90 Å². The van der Waals surface area contributed by atoms with Crippen LogP contribution in [0.15, 0.2) is 29.3 Å². The highest BCUT2D eigenvalue weighted by molar-refractivity contribution is 7.88. The normalized spacial score (nSPS) is 17.0. The number of nitrogens with zero attached hydrogens (tertiary/aromatic N) is 4. The summed E-state index contributed by atoms with van der Waals surface area (Å²) in [5.41, 5.74) is 8.32. The maximum absolute atomic E-state index is 11.6. The number of rotatable bonds is 16. The van der Waals surface area contributed by atoms with Crippen molar-refractivity contribution in [3.05, 3.63) is 24.3 Å². The Hall–Kier alpha value is -2.80. The van der Waals surface area contributed by atoms with E-state index < -0.39 is 21.7 Å². The summed E-state index contributed by atoms with van der Waals surface area (Å²) in [6, 6.07) is 7.87. The number of hydrogen-bond donors (Lipinski definition) is 3. The summed E-state index contributed by atoms with van der Waals surface area (Å²) in [4.78, 5) is 29.5. The largest absolute Gasteiger partial charge is 0.465 e. The fraction of sp³-hybridized carbons (Fsp3) is 0.621. The lowest BCUT2D eigenvalue weighted by Gasteiger charge is -2.33. The van der Waals surface area contributed by atoms with Gasteiger partial charge in [-0.05, 0) is 58.6 Å². The number of para-hydroxylation sites is 1. The van der Waals surface area contributed by atoms with E-state index in [1.54, 1.807) is 0 Å². The van der Waals surface area contributed by atoms with Gasteiger partial charge in [0.2, 0.25) is 21.5 Å². The number of fused-ring (bicyclic) bond motifs is 3. The molecule has 4 N–H and O–H groups in total. The number of sulfonamides is 1. The predicted molar refractivity (Wildman–Crippen MR) is 166 cm³/mol. The molecule has 1 amide bonds. The third kappa shape index (κ3) is 8.37. The van der Waals surface area contributed by atoms with Crippen molar-refractivity contribution in [2.45, 2.75) is 84.6 Å². The van der Waals surface area contributed by atoms with Crippen LogP contribution in [0.2, 0.25) is 0 Å².